The lowest BCUT2D eigenvalue weighted by Gasteiger charge is -2.33. The quantitative estimate of drug-likeness (QED) is 0.505. The molecule has 2 heterocycles. The Labute approximate surface area is 186 Å². The van der Waals surface area contributed by atoms with E-state index in [1.165, 1.54) is 21.3 Å². The van der Waals surface area contributed by atoms with Gasteiger partial charge >= 0.3 is 0 Å². The minimum Gasteiger partial charge on any atom is -0.486 e. The molecule has 2 aliphatic rings. The van der Waals surface area contributed by atoms with E-state index in [1.807, 2.05) is 30.5 Å². The van der Waals surface area contributed by atoms with Crippen molar-refractivity contribution in [2.45, 2.75) is 9.79 Å². The molecule has 31 heavy (non-hydrogen) atoms. The minimum absolute atomic E-state index is 0.120. The third kappa shape index (κ3) is 4.89. The van der Waals surface area contributed by atoms with Crippen LogP contribution in [0, 0.1) is 0 Å². The van der Waals surface area contributed by atoms with Gasteiger partial charge in [-0.25, -0.2) is 8.42 Å². The van der Waals surface area contributed by atoms with E-state index in [-0.39, 0.29) is 23.9 Å². The maximum absolute atomic E-state index is 13.0. The van der Waals surface area contributed by atoms with Gasteiger partial charge in [-0.2, -0.15) is 4.31 Å². The van der Waals surface area contributed by atoms with Gasteiger partial charge in [0.15, 0.2) is 11.5 Å². The highest BCUT2D eigenvalue weighted by Gasteiger charge is 2.30. The Hall–Kier alpha value is -2.49. The molecular weight excluding hydrogens is 436 g/mol. The first-order valence-electron chi connectivity index (χ1n) is 9.98. The van der Waals surface area contributed by atoms with Gasteiger partial charge in [-0.3, -0.25) is 4.79 Å². The summed E-state index contributed by atoms with van der Waals surface area (Å²) in [5.41, 5.74) is 0.950. The predicted octanol–water partition coefficient (Wildman–Crippen LogP) is 2.73. The molecule has 2 aromatic carbocycles. The molecule has 0 unspecified atom stereocenters. The van der Waals surface area contributed by atoms with Crippen LogP contribution in [0.1, 0.15) is 5.56 Å². The summed E-state index contributed by atoms with van der Waals surface area (Å²) in [5, 5.41) is 0. The lowest BCUT2D eigenvalue weighted by Crippen LogP contribution is -2.50. The number of nitrogens with zero attached hydrogens (tertiary/aromatic N) is 2. The molecule has 1 fully saturated rings. The van der Waals surface area contributed by atoms with Crippen molar-refractivity contribution in [3.8, 4) is 11.5 Å². The highest BCUT2D eigenvalue weighted by atomic mass is 32.2. The number of benzene rings is 2. The smallest absolute Gasteiger partial charge is 0.246 e. The Morgan fingerprint density at radius 1 is 0.968 bits per heavy atom. The lowest BCUT2D eigenvalue weighted by molar-refractivity contribution is -0.127. The maximum atomic E-state index is 13.0. The average Bonchev–Trinajstić information content (AvgIpc) is 2.82. The van der Waals surface area contributed by atoms with Crippen molar-refractivity contribution in [3.63, 3.8) is 0 Å². The van der Waals surface area contributed by atoms with E-state index < -0.39 is 10.0 Å². The van der Waals surface area contributed by atoms with Crippen LogP contribution in [0.3, 0.4) is 0 Å². The van der Waals surface area contributed by atoms with E-state index in [2.05, 4.69) is 0 Å². The summed E-state index contributed by atoms with van der Waals surface area (Å²) >= 11 is 1.67. The average molecular weight is 461 g/mol. The number of amides is 1. The molecule has 0 saturated carbocycles. The minimum atomic E-state index is -3.67. The third-order valence-corrected chi connectivity index (χ3v) is 7.87. The summed E-state index contributed by atoms with van der Waals surface area (Å²) in [6.07, 6.45) is 5.34. The fourth-order valence-corrected chi connectivity index (χ4v) is 5.32. The molecule has 2 aromatic rings. The molecule has 2 aliphatic heterocycles. The van der Waals surface area contributed by atoms with E-state index in [4.69, 9.17) is 9.47 Å². The fraction of sp³-hybridized carbons (Fsp3) is 0.318. The molecule has 1 amide bonds. The summed E-state index contributed by atoms with van der Waals surface area (Å²) < 4.78 is 38.4. The SMILES string of the molecule is CSc1ccc(/C=C/C(=O)N2CCN(S(=O)(=O)c3ccc4c(c3)OCCO4)CC2)cc1. The normalized spacial score (nSPS) is 17.1. The number of carbonyl (C=O) groups is 1. The highest BCUT2D eigenvalue weighted by molar-refractivity contribution is 7.98. The van der Waals surface area contributed by atoms with Crippen molar-refractivity contribution in [1.29, 1.82) is 0 Å². The molecule has 7 nitrogen and oxygen atoms in total. The van der Waals surface area contributed by atoms with Gasteiger partial charge in [-0.15, -0.1) is 11.8 Å². The van der Waals surface area contributed by atoms with E-state index in [0.717, 1.165) is 5.56 Å². The van der Waals surface area contributed by atoms with E-state index in [9.17, 15) is 13.2 Å². The molecular formula is C22H24N2O5S2. The van der Waals surface area contributed by atoms with Gasteiger partial charge in [0.05, 0.1) is 4.90 Å². The van der Waals surface area contributed by atoms with Crippen molar-refractivity contribution >= 4 is 33.8 Å². The van der Waals surface area contributed by atoms with Gasteiger partial charge in [0.2, 0.25) is 15.9 Å². The standard InChI is InChI=1S/C22H24N2O5S2/c1-30-18-5-2-17(3-6-18)4-9-22(25)23-10-12-24(13-11-23)31(26,27)19-7-8-20-21(16-19)29-15-14-28-20/h2-9,16H,10-15H2,1H3/b9-4+. The summed E-state index contributed by atoms with van der Waals surface area (Å²) in [5.74, 6) is 0.873. The molecule has 0 atom stereocenters. The monoisotopic (exact) mass is 460 g/mol. The summed E-state index contributed by atoms with van der Waals surface area (Å²) in [4.78, 5) is 15.5. The topological polar surface area (TPSA) is 76.2 Å². The summed E-state index contributed by atoms with van der Waals surface area (Å²) in [7, 11) is -3.67. The number of fused-ring (bicyclic) bond motifs is 1. The zero-order valence-corrected chi connectivity index (χ0v) is 18.8. The second-order valence-corrected chi connectivity index (χ2v) is 9.96. The van der Waals surface area contributed by atoms with Crippen LogP contribution in [0.25, 0.3) is 6.08 Å². The van der Waals surface area contributed by atoms with Gasteiger partial charge in [-0.1, -0.05) is 12.1 Å². The van der Waals surface area contributed by atoms with Gasteiger partial charge < -0.3 is 14.4 Å². The van der Waals surface area contributed by atoms with Crippen molar-refractivity contribution in [3.05, 3.63) is 54.1 Å². The number of rotatable bonds is 5. The van der Waals surface area contributed by atoms with E-state index >= 15 is 0 Å². The molecule has 0 aliphatic carbocycles. The molecule has 9 heteroatoms. The number of hydrogen-bond acceptors (Lipinski definition) is 6. The Kier molecular flexibility index (Phi) is 6.54. The molecule has 0 bridgehead atoms. The van der Waals surface area contributed by atoms with Crippen LogP contribution in [0.2, 0.25) is 0 Å². The summed E-state index contributed by atoms with van der Waals surface area (Å²) in [6, 6.07) is 12.6. The predicted molar refractivity (Wildman–Crippen MR) is 120 cm³/mol. The van der Waals surface area contributed by atoms with Crippen molar-refractivity contribution in [2.24, 2.45) is 0 Å². The van der Waals surface area contributed by atoms with Crippen LogP contribution in [-0.2, 0) is 14.8 Å². The molecule has 0 radical (unpaired) electrons. The van der Waals surface area contributed by atoms with Crippen LogP contribution in [0.4, 0.5) is 0 Å². The van der Waals surface area contributed by atoms with Gasteiger partial charge in [0.25, 0.3) is 0 Å². The lowest BCUT2D eigenvalue weighted by atomic mass is 10.2. The zero-order chi connectivity index (χ0) is 21.8. The molecule has 1 saturated heterocycles. The van der Waals surface area contributed by atoms with Crippen LogP contribution < -0.4 is 9.47 Å². The van der Waals surface area contributed by atoms with Gasteiger partial charge in [-0.05, 0) is 42.2 Å². The second-order valence-electron chi connectivity index (χ2n) is 7.14. The largest absolute Gasteiger partial charge is 0.486 e. The molecule has 4 rings (SSSR count). The molecule has 0 N–H and O–H groups in total. The molecule has 0 aromatic heterocycles. The Morgan fingerprint density at radius 3 is 2.32 bits per heavy atom. The Balaban J connectivity index is 1.37. The Morgan fingerprint density at radius 2 is 1.65 bits per heavy atom. The van der Waals surface area contributed by atoms with Crippen molar-refractivity contribution in [2.75, 3.05) is 45.6 Å². The first kappa shape index (κ1) is 21.7. The fourth-order valence-electron chi connectivity index (χ4n) is 3.47. The first-order valence-corrected chi connectivity index (χ1v) is 12.6. The van der Waals surface area contributed by atoms with E-state index in [1.54, 1.807) is 34.9 Å². The number of thioether (sulfide) groups is 1. The number of carbonyl (C=O) groups excluding carboxylic acids is 1. The first-order chi connectivity index (χ1) is 15.0. The molecule has 0 spiro atoms. The van der Waals surface area contributed by atoms with Crippen LogP contribution in [0.5, 0.6) is 11.5 Å². The third-order valence-electron chi connectivity index (χ3n) is 5.24. The highest BCUT2D eigenvalue weighted by Crippen LogP contribution is 2.33. The van der Waals surface area contributed by atoms with Gasteiger partial charge in [0.1, 0.15) is 13.2 Å². The summed E-state index contributed by atoms with van der Waals surface area (Å²) in [6.45, 7) is 2.04. The molecule has 164 valence electrons. The number of sulfonamides is 1. The van der Waals surface area contributed by atoms with Crippen molar-refractivity contribution in [1.82, 2.24) is 9.21 Å². The second kappa shape index (κ2) is 9.33. The van der Waals surface area contributed by atoms with E-state index in [0.29, 0.717) is 37.8 Å². The number of ether oxygens (including phenoxy) is 2. The van der Waals surface area contributed by atoms with Crippen LogP contribution in [-0.4, -0.2) is 69.2 Å². The van der Waals surface area contributed by atoms with Crippen molar-refractivity contribution < 1.29 is 22.7 Å². The van der Waals surface area contributed by atoms with Gasteiger partial charge in [0, 0.05) is 43.2 Å². The maximum Gasteiger partial charge on any atom is 0.246 e. The zero-order valence-electron chi connectivity index (χ0n) is 17.2. The Bertz CT molecular complexity index is 1080. The van der Waals surface area contributed by atoms with Crippen LogP contribution >= 0.6 is 11.8 Å². The number of hydrogen-bond donors (Lipinski definition) is 0. The number of piperazine rings is 1. The van der Waals surface area contributed by atoms with Crippen LogP contribution in [0.15, 0.2) is 58.3 Å².